The van der Waals surface area contributed by atoms with E-state index in [0.29, 0.717) is 16.1 Å². The van der Waals surface area contributed by atoms with Gasteiger partial charge in [0.05, 0.1) is 5.52 Å². The summed E-state index contributed by atoms with van der Waals surface area (Å²) in [5.74, 6) is 0.731. The molecule has 0 radical (unpaired) electrons. The molecule has 172 valence electrons. The molecular weight excluding hydrogens is 453 g/mol. The van der Waals surface area contributed by atoms with Crippen LogP contribution in [0, 0.1) is 0 Å². The van der Waals surface area contributed by atoms with Gasteiger partial charge in [-0.1, -0.05) is 11.6 Å². The summed E-state index contributed by atoms with van der Waals surface area (Å²) in [4.78, 5) is 12.8. The van der Waals surface area contributed by atoms with Crippen molar-refractivity contribution in [3.05, 3.63) is 53.3 Å². The van der Waals surface area contributed by atoms with Gasteiger partial charge in [0.25, 0.3) is 0 Å². The summed E-state index contributed by atoms with van der Waals surface area (Å²) in [5, 5.41) is 7.86. The topological polar surface area (TPSA) is 67.7 Å². The molecule has 1 aliphatic rings. The molecule has 2 N–H and O–H groups in total. The normalized spacial score (nSPS) is 19.2. The van der Waals surface area contributed by atoms with Crippen LogP contribution < -0.4 is 10.6 Å². The number of fused-ring (bicyclic) bond motifs is 2. The van der Waals surface area contributed by atoms with Gasteiger partial charge in [0.1, 0.15) is 11.2 Å². The van der Waals surface area contributed by atoms with Crippen LogP contribution in [0.1, 0.15) is 31.4 Å². The molecule has 1 aliphatic carbocycles. The van der Waals surface area contributed by atoms with E-state index in [1.165, 1.54) is 6.07 Å². The van der Waals surface area contributed by atoms with E-state index in [2.05, 4.69) is 25.6 Å². The highest BCUT2D eigenvalue weighted by atomic mass is 35.5. The predicted octanol–water partition coefficient (Wildman–Crippen LogP) is 6.02. The van der Waals surface area contributed by atoms with Crippen molar-refractivity contribution in [1.29, 1.82) is 0 Å². The molecule has 4 aromatic rings. The number of pyridine rings is 2. The molecule has 10 heteroatoms. The van der Waals surface area contributed by atoms with Crippen molar-refractivity contribution in [3.63, 3.8) is 0 Å². The maximum Gasteiger partial charge on any atom is 0.433 e. The third-order valence-electron chi connectivity index (χ3n) is 6.06. The maximum absolute atomic E-state index is 13.4. The molecule has 0 unspecified atom stereocenters. The van der Waals surface area contributed by atoms with E-state index < -0.39 is 11.9 Å². The lowest BCUT2D eigenvalue weighted by Gasteiger charge is -2.31. The van der Waals surface area contributed by atoms with Crippen molar-refractivity contribution >= 4 is 45.3 Å². The van der Waals surface area contributed by atoms with Gasteiger partial charge in [0.2, 0.25) is 5.95 Å². The fourth-order valence-corrected chi connectivity index (χ4v) is 4.64. The molecule has 6 nitrogen and oxygen atoms in total. The van der Waals surface area contributed by atoms with Crippen molar-refractivity contribution in [3.8, 4) is 0 Å². The van der Waals surface area contributed by atoms with Gasteiger partial charge in [0.15, 0.2) is 5.65 Å². The van der Waals surface area contributed by atoms with Crippen LogP contribution in [0.25, 0.3) is 22.1 Å². The van der Waals surface area contributed by atoms with Crippen molar-refractivity contribution in [1.82, 2.24) is 19.5 Å². The highest BCUT2D eigenvalue weighted by Gasteiger charge is 2.34. The molecule has 0 aliphatic heterocycles. The van der Waals surface area contributed by atoms with E-state index in [9.17, 15) is 13.2 Å². The first-order valence-corrected chi connectivity index (χ1v) is 11.1. The zero-order valence-electron chi connectivity index (χ0n) is 17.8. The Kier molecular flexibility index (Phi) is 5.52. The van der Waals surface area contributed by atoms with Crippen molar-refractivity contribution in [2.24, 2.45) is 7.05 Å². The molecule has 0 spiro atoms. The number of rotatable bonds is 4. The largest absolute Gasteiger partial charge is 0.433 e. The number of hydrogen-bond donors (Lipinski definition) is 2. The molecule has 0 saturated heterocycles. The summed E-state index contributed by atoms with van der Waals surface area (Å²) in [6, 6.07) is 9.68. The van der Waals surface area contributed by atoms with E-state index in [1.807, 2.05) is 23.7 Å². The Morgan fingerprint density at radius 3 is 2.58 bits per heavy atom. The van der Waals surface area contributed by atoms with Gasteiger partial charge in [-0.25, -0.2) is 15.0 Å². The number of nitrogens with zero attached hydrogens (tertiary/aromatic N) is 4. The van der Waals surface area contributed by atoms with E-state index in [0.717, 1.165) is 48.9 Å². The van der Waals surface area contributed by atoms with Gasteiger partial charge in [-0.05, 0) is 62.1 Å². The second-order valence-corrected chi connectivity index (χ2v) is 8.84. The Balaban J connectivity index is 1.39. The second kappa shape index (κ2) is 8.37. The van der Waals surface area contributed by atoms with Gasteiger partial charge < -0.3 is 10.6 Å². The highest BCUT2D eigenvalue weighted by molar-refractivity contribution is 6.31. The number of aromatic nitrogens is 4. The van der Waals surface area contributed by atoms with Crippen LogP contribution in [0.5, 0.6) is 0 Å². The molecule has 33 heavy (non-hydrogen) atoms. The maximum atomic E-state index is 13.4. The van der Waals surface area contributed by atoms with Gasteiger partial charge in [-0.2, -0.15) is 13.2 Å². The Morgan fingerprint density at radius 2 is 1.82 bits per heavy atom. The lowest BCUT2D eigenvalue weighted by Crippen LogP contribution is -2.35. The zero-order chi connectivity index (χ0) is 23.2. The van der Waals surface area contributed by atoms with Gasteiger partial charge in [-0.3, -0.25) is 4.57 Å². The first-order valence-electron chi connectivity index (χ1n) is 10.8. The molecule has 0 bridgehead atoms. The summed E-state index contributed by atoms with van der Waals surface area (Å²) in [6.45, 7) is 0. The average Bonchev–Trinajstić information content (AvgIpc) is 3.09. The Labute approximate surface area is 193 Å². The minimum absolute atomic E-state index is 0.00488. The van der Waals surface area contributed by atoms with E-state index in [1.54, 1.807) is 18.3 Å². The average molecular weight is 475 g/mol. The molecule has 3 aromatic heterocycles. The van der Waals surface area contributed by atoms with Crippen molar-refractivity contribution < 1.29 is 13.2 Å². The zero-order valence-corrected chi connectivity index (χ0v) is 18.6. The lowest BCUT2D eigenvalue weighted by atomic mass is 9.90. The van der Waals surface area contributed by atoms with E-state index in [4.69, 9.17) is 11.6 Å². The van der Waals surface area contributed by atoms with E-state index in [-0.39, 0.29) is 17.6 Å². The van der Waals surface area contributed by atoms with Crippen LogP contribution in [-0.2, 0) is 13.2 Å². The number of alkyl halides is 3. The van der Waals surface area contributed by atoms with Crippen LogP contribution in [0.3, 0.4) is 0 Å². The van der Waals surface area contributed by atoms with Crippen LogP contribution >= 0.6 is 11.6 Å². The summed E-state index contributed by atoms with van der Waals surface area (Å²) >= 11 is 6.12. The standard InChI is InChI=1S/C23H22ClF3N6/c1-33-21-18(6-3-9-28-21)32-22(33)30-15-5-2-4-14(11-15)29-19-12-20(23(25,26)27)31-17-8-7-13(24)10-16(17)19/h3,6-10,12,14-15H,2,4-5,11H2,1H3,(H,29,31)(H,30,32)/t14-,15+/m0/s1. The molecule has 1 fully saturated rings. The first kappa shape index (κ1) is 21.8. The van der Waals surface area contributed by atoms with Gasteiger partial charge in [0, 0.05) is 41.4 Å². The molecule has 1 aromatic carbocycles. The van der Waals surface area contributed by atoms with Crippen LogP contribution in [0.2, 0.25) is 5.02 Å². The quantitative estimate of drug-likeness (QED) is 0.378. The van der Waals surface area contributed by atoms with Crippen molar-refractivity contribution in [2.75, 3.05) is 10.6 Å². The lowest BCUT2D eigenvalue weighted by molar-refractivity contribution is -0.140. The molecule has 1 saturated carbocycles. The third-order valence-corrected chi connectivity index (χ3v) is 6.29. The Morgan fingerprint density at radius 1 is 1.03 bits per heavy atom. The Bertz CT molecular complexity index is 1320. The number of aryl methyl sites for hydroxylation is 1. The fourth-order valence-electron chi connectivity index (χ4n) is 4.47. The minimum Gasteiger partial charge on any atom is -0.382 e. The molecule has 3 heterocycles. The molecular formula is C23H22ClF3N6. The van der Waals surface area contributed by atoms with Crippen LogP contribution in [-0.4, -0.2) is 31.6 Å². The Hall–Kier alpha value is -3.07. The van der Waals surface area contributed by atoms with Crippen LogP contribution in [0.4, 0.5) is 24.8 Å². The number of nitrogens with one attached hydrogen (secondary N) is 2. The number of imidazole rings is 1. The SMILES string of the molecule is Cn1c(N[C@@H]2CCC[C@H](Nc3cc(C(F)(F)F)nc4ccc(Cl)cc34)C2)nc2cccnc21. The highest BCUT2D eigenvalue weighted by Crippen LogP contribution is 2.35. The number of anilines is 2. The molecule has 0 amide bonds. The molecule has 2 atom stereocenters. The monoisotopic (exact) mass is 474 g/mol. The van der Waals surface area contributed by atoms with Gasteiger partial charge in [-0.15, -0.1) is 0 Å². The second-order valence-electron chi connectivity index (χ2n) is 8.40. The number of hydrogen-bond acceptors (Lipinski definition) is 5. The van der Waals surface area contributed by atoms with Crippen LogP contribution in [0.15, 0.2) is 42.6 Å². The number of benzene rings is 1. The van der Waals surface area contributed by atoms with Crippen molar-refractivity contribution in [2.45, 2.75) is 43.9 Å². The van der Waals surface area contributed by atoms with Gasteiger partial charge >= 0.3 is 6.18 Å². The summed E-state index contributed by atoms with van der Waals surface area (Å²) in [7, 11) is 1.91. The smallest absolute Gasteiger partial charge is 0.382 e. The fraction of sp³-hybridized carbons (Fsp3) is 0.348. The summed E-state index contributed by atoms with van der Waals surface area (Å²) in [5.41, 5.74) is 1.34. The minimum atomic E-state index is -4.53. The number of halogens is 4. The summed E-state index contributed by atoms with van der Waals surface area (Å²) in [6.07, 6.45) is 0.680. The van der Waals surface area contributed by atoms with E-state index >= 15 is 0 Å². The predicted molar refractivity (Wildman–Crippen MR) is 124 cm³/mol. The summed E-state index contributed by atoms with van der Waals surface area (Å²) < 4.78 is 42.2. The molecule has 5 rings (SSSR count). The third kappa shape index (κ3) is 4.42. The first-order chi connectivity index (χ1) is 15.8.